The average molecular weight is 608 g/mol. The van der Waals surface area contributed by atoms with Crippen LogP contribution in [0.4, 0.5) is 18.0 Å². The molecule has 9 nitrogen and oxygen atoms in total. The molecule has 2 fully saturated rings. The minimum absolute atomic E-state index is 0.0154. The van der Waals surface area contributed by atoms with Crippen LogP contribution < -0.4 is 5.32 Å². The van der Waals surface area contributed by atoms with Crippen molar-refractivity contribution in [2.45, 2.75) is 43.3 Å². The predicted molar refractivity (Wildman–Crippen MR) is 152 cm³/mol. The summed E-state index contributed by atoms with van der Waals surface area (Å²) in [6.07, 6.45) is -4.57. The van der Waals surface area contributed by atoms with Crippen LogP contribution in [0.15, 0.2) is 85.4 Å². The molecule has 0 bridgehead atoms. The van der Waals surface area contributed by atoms with Crippen molar-refractivity contribution in [1.29, 1.82) is 0 Å². The fourth-order valence-electron chi connectivity index (χ4n) is 5.72. The van der Waals surface area contributed by atoms with E-state index in [1.54, 1.807) is 60.7 Å². The lowest BCUT2D eigenvalue weighted by Crippen LogP contribution is -2.70. The molecule has 0 spiro atoms. The summed E-state index contributed by atoms with van der Waals surface area (Å²) in [6, 6.07) is 15.9. The summed E-state index contributed by atoms with van der Waals surface area (Å²) >= 11 is 0. The molecule has 2 saturated heterocycles. The molecule has 1 unspecified atom stereocenters. The number of nitrogens with one attached hydrogen (secondary N) is 1. The molecule has 5 rings (SSSR count). The number of cyclic esters (lactones) is 1. The first-order valence-electron chi connectivity index (χ1n) is 13.7. The summed E-state index contributed by atoms with van der Waals surface area (Å²) in [5.41, 5.74) is 1.08. The number of likely N-dealkylation sites (tertiary alicyclic amines) is 1. The van der Waals surface area contributed by atoms with Crippen LogP contribution in [0.2, 0.25) is 0 Å². The first kappa shape index (κ1) is 30.3. The number of carbonyl (C=O) groups excluding carboxylic acids is 3. The second-order valence-corrected chi connectivity index (χ2v) is 10.4. The van der Waals surface area contributed by atoms with Crippen LogP contribution in [0.5, 0.6) is 0 Å². The normalized spacial score (nSPS) is 20.5. The lowest BCUT2D eigenvalue weighted by molar-refractivity contribution is -0.169. The van der Waals surface area contributed by atoms with Crippen molar-refractivity contribution < 1.29 is 42.2 Å². The number of β-lactam (4-membered cyclic amide) rings is 1. The summed E-state index contributed by atoms with van der Waals surface area (Å²) in [7, 11) is 0. The van der Waals surface area contributed by atoms with Gasteiger partial charge in [-0.1, -0.05) is 79.4 Å². The molecule has 0 aliphatic carbocycles. The molecule has 228 valence electrons. The number of carboxylic acid groups (broad SMARTS) is 1. The van der Waals surface area contributed by atoms with Gasteiger partial charge in [0, 0.05) is 6.54 Å². The Morgan fingerprint density at radius 1 is 1.02 bits per heavy atom. The van der Waals surface area contributed by atoms with Crippen molar-refractivity contribution in [2.75, 3.05) is 6.61 Å². The Morgan fingerprint density at radius 2 is 1.73 bits per heavy atom. The number of carboxylic acids is 1. The van der Waals surface area contributed by atoms with E-state index in [9.17, 15) is 37.5 Å². The van der Waals surface area contributed by atoms with Crippen LogP contribution in [0.3, 0.4) is 0 Å². The minimum Gasteiger partial charge on any atom is -0.481 e. The molecule has 4 atom stereocenters. The minimum atomic E-state index is -4.59. The molecule has 12 heteroatoms. The first-order chi connectivity index (χ1) is 21.0. The Labute approximate surface area is 250 Å². The quantitative estimate of drug-likeness (QED) is 0.315. The van der Waals surface area contributed by atoms with E-state index in [1.165, 1.54) is 17.0 Å². The Hall–Kier alpha value is -5.13. The van der Waals surface area contributed by atoms with Gasteiger partial charge in [-0.25, -0.2) is 4.79 Å². The molecule has 0 aromatic heterocycles. The highest BCUT2D eigenvalue weighted by Gasteiger charge is 2.59. The van der Waals surface area contributed by atoms with E-state index in [0.717, 1.165) is 22.6 Å². The predicted octanol–water partition coefficient (Wildman–Crippen LogP) is 4.95. The third kappa shape index (κ3) is 5.87. The number of ether oxygens (including phenoxy) is 1. The molecule has 0 saturated carbocycles. The second-order valence-electron chi connectivity index (χ2n) is 10.4. The SMILES string of the molecule is C=Cc1ccccc1[C@@H]1[C@H](N2C(=O)OC[C@@H]2c2ccccc2)C(=O)N1C(CC(=O)O)C(=O)NCc1cccc(C(F)(F)F)c1. The van der Waals surface area contributed by atoms with Gasteiger partial charge in [-0.2, -0.15) is 13.2 Å². The lowest BCUT2D eigenvalue weighted by atomic mass is 9.82. The first-order valence-corrected chi connectivity index (χ1v) is 13.7. The van der Waals surface area contributed by atoms with Gasteiger partial charge in [0.25, 0.3) is 0 Å². The number of hydrogen-bond donors (Lipinski definition) is 2. The summed E-state index contributed by atoms with van der Waals surface area (Å²) in [5.74, 6) is -2.92. The zero-order valence-corrected chi connectivity index (χ0v) is 23.2. The van der Waals surface area contributed by atoms with Crippen molar-refractivity contribution in [3.05, 3.63) is 113 Å². The van der Waals surface area contributed by atoms with E-state index in [4.69, 9.17) is 4.74 Å². The van der Waals surface area contributed by atoms with Crippen molar-refractivity contribution in [3.63, 3.8) is 0 Å². The van der Waals surface area contributed by atoms with Gasteiger partial charge in [-0.05, 0) is 34.4 Å². The highest BCUT2D eigenvalue weighted by molar-refractivity contribution is 5.99. The second kappa shape index (κ2) is 12.2. The van der Waals surface area contributed by atoms with E-state index < -0.39 is 66.2 Å². The van der Waals surface area contributed by atoms with Gasteiger partial charge in [0.2, 0.25) is 11.8 Å². The molecule has 2 N–H and O–H groups in total. The van der Waals surface area contributed by atoms with Gasteiger partial charge in [-0.15, -0.1) is 0 Å². The van der Waals surface area contributed by atoms with E-state index >= 15 is 0 Å². The zero-order chi connectivity index (χ0) is 31.6. The van der Waals surface area contributed by atoms with E-state index in [1.807, 2.05) is 0 Å². The molecular formula is C32H28F3N3O6. The number of carbonyl (C=O) groups is 4. The van der Waals surface area contributed by atoms with Gasteiger partial charge >= 0.3 is 18.2 Å². The average Bonchev–Trinajstić information content (AvgIpc) is 3.38. The van der Waals surface area contributed by atoms with Crippen molar-refractivity contribution in [1.82, 2.24) is 15.1 Å². The van der Waals surface area contributed by atoms with Crippen molar-refractivity contribution in [2.24, 2.45) is 0 Å². The van der Waals surface area contributed by atoms with Crippen molar-refractivity contribution in [3.8, 4) is 0 Å². The number of amides is 3. The Morgan fingerprint density at radius 3 is 2.41 bits per heavy atom. The monoisotopic (exact) mass is 607 g/mol. The largest absolute Gasteiger partial charge is 0.481 e. The maximum absolute atomic E-state index is 14.0. The van der Waals surface area contributed by atoms with Crippen LogP contribution in [0, 0.1) is 0 Å². The number of hydrogen-bond acceptors (Lipinski definition) is 5. The highest BCUT2D eigenvalue weighted by Crippen LogP contribution is 2.46. The third-order valence-corrected chi connectivity index (χ3v) is 7.76. The highest BCUT2D eigenvalue weighted by atomic mass is 19.4. The third-order valence-electron chi connectivity index (χ3n) is 7.76. The Kier molecular flexibility index (Phi) is 8.43. The molecule has 2 heterocycles. The number of aliphatic carboxylic acids is 1. The number of rotatable bonds is 10. The summed E-state index contributed by atoms with van der Waals surface area (Å²) in [6.45, 7) is 3.47. The number of halogens is 3. The maximum atomic E-state index is 14.0. The summed E-state index contributed by atoms with van der Waals surface area (Å²) in [4.78, 5) is 54.9. The fourth-order valence-corrected chi connectivity index (χ4v) is 5.72. The standard InChI is InChI=1S/C32H28F3N3O6/c1-2-20-10-6-7-14-23(20)27-28(38-25(18-44-31(38)43)21-11-4-3-5-12-21)30(42)37(27)24(16-26(39)40)29(41)36-17-19-9-8-13-22(15-19)32(33,34)35/h2-15,24-25,27-28H,1,16-18H2,(H,36,41)(H,39,40)/t24?,25-,27-,28+/m1/s1. The van der Waals surface area contributed by atoms with Gasteiger partial charge in [0.05, 0.1) is 24.1 Å². The molecule has 3 amide bonds. The van der Waals surface area contributed by atoms with Gasteiger partial charge < -0.3 is 20.1 Å². The van der Waals surface area contributed by atoms with Crippen LogP contribution in [-0.2, 0) is 31.8 Å². The Bertz CT molecular complexity index is 1600. The van der Waals surface area contributed by atoms with Crippen LogP contribution in [0.1, 0.15) is 46.3 Å². The number of benzene rings is 3. The topological polar surface area (TPSA) is 116 Å². The van der Waals surface area contributed by atoms with Gasteiger partial charge in [0.15, 0.2) is 0 Å². The molecule has 3 aromatic rings. The molecule has 3 aromatic carbocycles. The van der Waals surface area contributed by atoms with E-state index in [2.05, 4.69) is 11.9 Å². The Balaban J connectivity index is 1.49. The van der Waals surface area contributed by atoms with E-state index in [-0.39, 0.29) is 18.7 Å². The van der Waals surface area contributed by atoms with Gasteiger partial charge in [-0.3, -0.25) is 19.3 Å². The van der Waals surface area contributed by atoms with E-state index in [0.29, 0.717) is 11.1 Å². The molecule has 2 aliphatic rings. The zero-order valence-electron chi connectivity index (χ0n) is 23.2. The summed E-state index contributed by atoms with van der Waals surface area (Å²) < 4.78 is 44.9. The molecular weight excluding hydrogens is 579 g/mol. The van der Waals surface area contributed by atoms with Crippen LogP contribution in [0.25, 0.3) is 6.08 Å². The molecule has 0 radical (unpaired) electrons. The maximum Gasteiger partial charge on any atom is 0.416 e. The van der Waals surface area contributed by atoms with Crippen molar-refractivity contribution >= 4 is 30.0 Å². The summed E-state index contributed by atoms with van der Waals surface area (Å²) in [5, 5.41) is 12.2. The number of alkyl halides is 3. The lowest BCUT2D eigenvalue weighted by Gasteiger charge is -2.53. The molecule has 2 aliphatic heterocycles. The fraction of sp³-hybridized carbons (Fsp3) is 0.250. The smallest absolute Gasteiger partial charge is 0.416 e. The van der Waals surface area contributed by atoms with Crippen LogP contribution >= 0.6 is 0 Å². The van der Waals surface area contributed by atoms with Gasteiger partial charge in [0.1, 0.15) is 18.7 Å². The van der Waals surface area contributed by atoms with Crippen LogP contribution in [-0.4, -0.2) is 57.5 Å². The molecule has 44 heavy (non-hydrogen) atoms. The number of nitrogens with zero attached hydrogens (tertiary/aromatic N) is 2.